The topological polar surface area (TPSA) is 47.6 Å². The van der Waals surface area contributed by atoms with Crippen molar-refractivity contribution in [3.05, 3.63) is 40.6 Å². The Labute approximate surface area is 117 Å². The third-order valence-corrected chi connectivity index (χ3v) is 2.95. The van der Waals surface area contributed by atoms with Crippen LogP contribution in [0.5, 0.6) is 0 Å². The van der Waals surface area contributed by atoms with Gasteiger partial charge in [-0.1, -0.05) is 29.3 Å². The predicted octanol–water partition coefficient (Wildman–Crippen LogP) is 3.17. The van der Waals surface area contributed by atoms with E-state index in [2.05, 4.69) is 5.32 Å². The molecule has 1 heterocycles. The van der Waals surface area contributed by atoms with Gasteiger partial charge < -0.3 is 14.8 Å². The number of cyclic esters (lactones) is 1. The second-order valence-corrected chi connectivity index (χ2v) is 5.02. The molecule has 0 unspecified atom stereocenters. The Morgan fingerprint density at radius 3 is 2.53 bits per heavy atom. The van der Waals surface area contributed by atoms with E-state index >= 15 is 0 Å². The lowest BCUT2D eigenvalue weighted by molar-refractivity contribution is -0.165. The fourth-order valence-corrected chi connectivity index (χ4v) is 1.85. The third kappa shape index (κ3) is 3.28. The van der Waals surface area contributed by atoms with Gasteiger partial charge in [-0.05, 0) is 32.9 Å². The van der Waals surface area contributed by atoms with Crippen LogP contribution in [-0.4, -0.2) is 18.4 Å². The number of halogens is 1. The van der Waals surface area contributed by atoms with E-state index in [-0.39, 0.29) is 11.1 Å². The van der Waals surface area contributed by atoms with Crippen LogP contribution in [0.2, 0.25) is 0 Å². The number of esters is 1. The molecule has 1 aliphatic heterocycles. The van der Waals surface area contributed by atoms with Gasteiger partial charge in [-0.15, -0.1) is 0 Å². The molecule has 0 saturated carbocycles. The molecule has 0 spiro atoms. The molecule has 2 rings (SSSR count). The summed E-state index contributed by atoms with van der Waals surface area (Å²) in [6.07, 6.45) is -0.850. The number of aryl methyl sites for hydroxylation is 1. The molecule has 0 radical (unpaired) electrons. The van der Waals surface area contributed by atoms with Gasteiger partial charge >= 0.3 is 5.97 Å². The molecule has 19 heavy (non-hydrogen) atoms. The van der Waals surface area contributed by atoms with Gasteiger partial charge in [-0.2, -0.15) is 0 Å². The fraction of sp³-hybridized carbons (Fsp3) is 0.357. The number of carbonyl (C=O) groups is 1. The summed E-state index contributed by atoms with van der Waals surface area (Å²) < 4.78 is 10.6. The maximum absolute atomic E-state index is 11.5. The highest BCUT2D eigenvalue weighted by atomic mass is 35.5. The SMILES string of the molecule is Cc1ccc(NC2=C(Cl)C(=O)O[C@@H]2OC(C)C)cc1. The first kappa shape index (κ1) is 13.9. The molecule has 1 aliphatic rings. The normalized spacial score (nSPS) is 19.0. The summed E-state index contributed by atoms with van der Waals surface area (Å²) >= 11 is 5.95. The minimum atomic E-state index is -0.777. The highest BCUT2D eigenvalue weighted by Crippen LogP contribution is 2.28. The number of benzene rings is 1. The minimum Gasteiger partial charge on any atom is -0.425 e. The minimum absolute atomic E-state index is 0.0335. The zero-order chi connectivity index (χ0) is 14.0. The van der Waals surface area contributed by atoms with Crippen molar-refractivity contribution in [2.75, 3.05) is 5.32 Å². The lowest BCUT2D eigenvalue weighted by Crippen LogP contribution is -2.23. The van der Waals surface area contributed by atoms with Crippen molar-refractivity contribution in [1.82, 2.24) is 0 Å². The van der Waals surface area contributed by atoms with E-state index in [1.165, 1.54) is 0 Å². The maximum atomic E-state index is 11.5. The molecule has 1 aromatic carbocycles. The Kier molecular flexibility index (Phi) is 4.12. The summed E-state index contributed by atoms with van der Waals surface area (Å²) in [6, 6.07) is 7.74. The predicted molar refractivity (Wildman–Crippen MR) is 73.8 cm³/mol. The third-order valence-electron chi connectivity index (χ3n) is 2.59. The van der Waals surface area contributed by atoms with Crippen molar-refractivity contribution in [1.29, 1.82) is 0 Å². The lowest BCUT2D eigenvalue weighted by Gasteiger charge is -2.18. The Bertz CT molecular complexity index is 508. The number of rotatable bonds is 4. The Morgan fingerprint density at radius 1 is 1.32 bits per heavy atom. The van der Waals surface area contributed by atoms with E-state index in [4.69, 9.17) is 21.1 Å². The molecule has 1 N–H and O–H groups in total. The molecule has 1 atom stereocenters. The van der Waals surface area contributed by atoms with Gasteiger partial charge in [0.2, 0.25) is 6.29 Å². The summed E-state index contributed by atoms with van der Waals surface area (Å²) in [5.74, 6) is -0.568. The van der Waals surface area contributed by atoms with Crippen molar-refractivity contribution in [2.24, 2.45) is 0 Å². The van der Waals surface area contributed by atoms with Gasteiger partial charge in [0, 0.05) is 5.69 Å². The van der Waals surface area contributed by atoms with Gasteiger partial charge in [0.15, 0.2) is 5.03 Å². The molecule has 0 saturated heterocycles. The van der Waals surface area contributed by atoms with E-state index in [9.17, 15) is 4.79 Å². The molecule has 4 nitrogen and oxygen atoms in total. The van der Waals surface area contributed by atoms with Crippen LogP contribution in [0.4, 0.5) is 5.69 Å². The Balaban J connectivity index is 2.19. The molecule has 0 aromatic heterocycles. The summed E-state index contributed by atoms with van der Waals surface area (Å²) in [7, 11) is 0. The Morgan fingerprint density at radius 2 is 1.95 bits per heavy atom. The number of anilines is 1. The zero-order valence-corrected chi connectivity index (χ0v) is 11.8. The molecule has 0 bridgehead atoms. The van der Waals surface area contributed by atoms with Gasteiger partial charge in [0.05, 0.1) is 6.10 Å². The van der Waals surface area contributed by atoms with Crippen molar-refractivity contribution in [2.45, 2.75) is 33.2 Å². The fourth-order valence-electron chi connectivity index (χ4n) is 1.67. The zero-order valence-electron chi connectivity index (χ0n) is 11.1. The monoisotopic (exact) mass is 281 g/mol. The van der Waals surface area contributed by atoms with Crippen molar-refractivity contribution >= 4 is 23.3 Å². The molecular weight excluding hydrogens is 266 g/mol. The highest BCUT2D eigenvalue weighted by molar-refractivity contribution is 6.42. The van der Waals surface area contributed by atoms with Crippen LogP contribution >= 0.6 is 11.6 Å². The molecule has 0 amide bonds. The summed E-state index contributed by atoms with van der Waals surface area (Å²) in [5.41, 5.74) is 2.43. The molecule has 1 aromatic rings. The lowest BCUT2D eigenvalue weighted by atomic mass is 10.2. The van der Waals surface area contributed by atoms with Crippen LogP contribution in [0.25, 0.3) is 0 Å². The van der Waals surface area contributed by atoms with Crippen molar-refractivity contribution < 1.29 is 14.3 Å². The van der Waals surface area contributed by atoms with Crippen LogP contribution < -0.4 is 5.32 Å². The van der Waals surface area contributed by atoms with E-state index in [0.29, 0.717) is 5.70 Å². The van der Waals surface area contributed by atoms with Crippen molar-refractivity contribution in [3.8, 4) is 0 Å². The second-order valence-electron chi connectivity index (χ2n) is 4.64. The standard InChI is InChI=1S/C14H16ClNO3/c1-8(2)18-14-12(11(15)13(17)19-14)16-10-6-4-9(3)5-7-10/h4-8,14,16H,1-3H3/t14-/m0/s1. The van der Waals surface area contributed by atoms with Crippen LogP contribution in [0.15, 0.2) is 35.0 Å². The van der Waals surface area contributed by atoms with Crippen LogP contribution in [0.1, 0.15) is 19.4 Å². The maximum Gasteiger partial charge on any atom is 0.354 e. The summed E-state index contributed by atoms with van der Waals surface area (Å²) in [4.78, 5) is 11.5. The summed E-state index contributed by atoms with van der Waals surface area (Å²) in [5, 5.41) is 3.11. The smallest absolute Gasteiger partial charge is 0.354 e. The molecule has 0 aliphatic carbocycles. The van der Waals surface area contributed by atoms with E-state index in [0.717, 1.165) is 11.3 Å². The first-order valence-electron chi connectivity index (χ1n) is 6.07. The highest BCUT2D eigenvalue weighted by Gasteiger charge is 2.34. The van der Waals surface area contributed by atoms with Gasteiger partial charge in [-0.25, -0.2) is 4.79 Å². The first-order chi connectivity index (χ1) is 8.97. The number of ether oxygens (including phenoxy) is 2. The molecule has 102 valence electrons. The van der Waals surface area contributed by atoms with E-state index in [1.807, 2.05) is 45.0 Å². The largest absolute Gasteiger partial charge is 0.425 e. The average Bonchev–Trinajstić information content (AvgIpc) is 2.59. The number of nitrogens with one attached hydrogen (secondary N) is 1. The van der Waals surface area contributed by atoms with E-state index < -0.39 is 12.3 Å². The molecule has 5 heteroatoms. The second kappa shape index (κ2) is 5.63. The van der Waals surface area contributed by atoms with Crippen molar-refractivity contribution in [3.63, 3.8) is 0 Å². The summed E-state index contributed by atoms with van der Waals surface area (Å²) in [6.45, 7) is 5.73. The Hall–Kier alpha value is -1.52. The van der Waals surface area contributed by atoms with E-state index in [1.54, 1.807) is 0 Å². The number of hydrogen-bond acceptors (Lipinski definition) is 4. The quantitative estimate of drug-likeness (QED) is 0.861. The number of carbonyl (C=O) groups excluding carboxylic acids is 1. The van der Waals surface area contributed by atoms with Crippen LogP contribution in [0.3, 0.4) is 0 Å². The molecule has 0 fully saturated rings. The molecular formula is C14H16ClNO3. The van der Waals surface area contributed by atoms with Gasteiger partial charge in [0.1, 0.15) is 5.70 Å². The van der Waals surface area contributed by atoms with Gasteiger partial charge in [0.25, 0.3) is 0 Å². The number of hydrogen-bond donors (Lipinski definition) is 1. The van der Waals surface area contributed by atoms with Crippen LogP contribution in [0, 0.1) is 6.92 Å². The average molecular weight is 282 g/mol. The van der Waals surface area contributed by atoms with Gasteiger partial charge in [-0.3, -0.25) is 0 Å². The first-order valence-corrected chi connectivity index (χ1v) is 6.45. The van der Waals surface area contributed by atoms with Crippen LogP contribution in [-0.2, 0) is 14.3 Å².